The standard InChI is InChI=1S/C18H24N2O3/c21-16-5-3-14(4-6-16)12-15-7-10-20(13-15)18(23)8-11-19-9-1-2-17(19)22/h3-6,15,21H,1-2,7-13H2. The zero-order valence-electron chi connectivity index (χ0n) is 13.4. The topological polar surface area (TPSA) is 60.9 Å². The summed E-state index contributed by atoms with van der Waals surface area (Å²) >= 11 is 0. The molecule has 23 heavy (non-hydrogen) atoms. The molecule has 1 aromatic rings. The molecule has 2 fully saturated rings. The molecule has 2 aliphatic rings. The average molecular weight is 316 g/mol. The van der Waals surface area contributed by atoms with Crippen molar-refractivity contribution in [2.24, 2.45) is 5.92 Å². The highest BCUT2D eigenvalue weighted by atomic mass is 16.3. The first-order valence-corrected chi connectivity index (χ1v) is 8.45. The van der Waals surface area contributed by atoms with Crippen LogP contribution in [0.15, 0.2) is 24.3 Å². The number of rotatable bonds is 5. The molecule has 3 rings (SSSR count). The van der Waals surface area contributed by atoms with Crippen LogP contribution in [0, 0.1) is 5.92 Å². The molecule has 1 N–H and O–H groups in total. The van der Waals surface area contributed by atoms with Crippen LogP contribution in [0.25, 0.3) is 0 Å². The fourth-order valence-electron chi connectivity index (χ4n) is 3.52. The Morgan fingerprint density at radius 1 is 1.22 bits per heavy atom. The van der Waals surface area contributed by atoms with E-state index < -0.39 is 0 Å². The summed E-state index contributed by atoms with van der Waals surface area (Å²) in [7, 11) is 0. The predicted molar refractivity (Wildman–Crippen MR) is 86.9 cm³/mol. The van der Waals surface area contributed by atoms with Crippen molar-refractivity contribution in [2.75, 3.05) is 26.2 Å². The molecule has 0 radical (unpaired) electrons. The minimum Gasteiger partial charge on any atom is -0.508 e. The highest BCUT2D eigenvalue weighted by molar-refractivity contribution is 5.80. The summed E-state index contributed by atoms with van der Waals surface area (Å²) in [6.45, 7) is 2.98. The van der Waals surface area contributed by atoms with Gasteiger partial charge in [-0.25, -0.2) is 0 Å². The second-order valence-electron chi connectivity index (χ2n) is 6.60. The molecule has 0 aliphatic carbocycles. The van der Waals surface area contributed by atoms with Crippen molar-refractivity contribution in [3.05, 3.63) is 29.8 Å². The predicted octanol–water partition coefficient (Wildman–Crippen LogP) is 1.80. The van der Waals surface area contributed by atoms with E-state index in [1.165, 1.54) is 5.56 Å². The maximum atomic E-state index is 12.3. The molecule has 0 aromatic heterocycles. The van der Waals surface area contributed by atoms with Crippen LogP contribution in [0.4, 0.5) is 0 Å². The van der Waals surface area contributed by atoms with E-state index in [2.05, 4.69) is 0 Å². The molecule has 2 amide bonds. The minimum absolute atomic E-state index is 0.165. The van der Waals surface area contributed by atoms with E-state index in [4.69, 9.17) is 0 Å². The molecule has 2 saturated heterocycles. The van der Waals surface area contributed by atoms with Gasteiger partial charge in [0.2, 0.25) is 11.8 Å². The van der Waals surface area contributed by atoms with Crippen LogP contribution in [0.5, 0.6) is 5.75 Å². The van der Waals surface area contributed by atoms with Crippen LogP contribution in [0.1, 0.15) is 31.2 Å². The SMILES string of the molecule is O=C1CCCN1CCC(=O)N1CCC(Cc2ccc(O)cc2)C1. The lowest BCUT2D eigenvalue weighted by Gasteiger charge is -2.20. The summed E-state index contributed by atoms with van der Waals surface area (Å²) in [5, 5.41) is 9.32. The van der Waals surface area contributed by atoms with Crippen LogP contribution in [-0.2, 0) is 16.0 Å². The lowest BCUT2D eigenvalue weighted by Crippen LogP contribution is -2.33. The van der Waals surface area contributed by atoms with Crippen molar-refractivity contribution >= 4 is 11.8 Å². The smallest absolute Gasteiger partial charge is 0.224 e. The van der Waals surface area contributed by atoms with Gasteiger partial charge in [0.05, 0.1) is 0 Å². The minimum atomic E-state index is 0.165. The summed E-state index contributed by atoms with van der Waals surface area (Å²) in [5.41, 5.74) is 1.20. The maximum Gasteiger partial charge on any atom is 0.224 e. The van der Waals surface area contributed by atoms with Crippen LogP contribution in [0.3, 0.4) is 0 Å². The molecule has 0 saturated carbocycles. The molecule has 1 unspecified atom stereocenters. The van der Waals surface area contributed by atoms with Crippen molar-refractivity contribution in [2.45, 2.75) is 32.1 Å². The van der Waals surface area contributed by atoms with Crippen molar-refractivity contribution in [1.29, 1.82) is 0 Å². The van der Waals surface area contributed by atoms with Gasteiger partial charge in [-0.2, -0.15) is 0 Å². The Morgan fingerprint density at radius 3 is 2.70 bits per heavy atom. The summed E-state index contributed by atoms with van der Waals surface area (Å²) in [6, 6.07) is 7.30. The van der Waals surface area contributed by atoms with Gasteiger partial charge in [0.25, 0.3) is 0 Å². The van der Waals surface area contributed by atoms with E-state index in [0.717, 1.165) is 38.9 Å². The number of hydrogen-bond acceptors (Lipinski definition) is 3. The highest BCUT2D eigenvalue weighted by Gasteiger charge is 2.27. The van der Waals surface area contributed by atoms with Crippen LogP contribution >= 0.6 is 0 Å². The number of benzene rings is 1. The van der Waals surface area contributed by atoms with Crippen LogP contribution in [-0.4, -0.2) is 52.9 Å². The van der Waals surface area contributed by atoms with Crippen LogP contribution < -0.4 is 0 Å². The van der Waals surface area contributed by atoms with E-state index in [-0.39, 0.29) is 17.6 Å². The van der Waals surface area contributed by atoms with Gasteiger partial charge in [0.15, 0.2) is 0 Å². The first-order valence-electron chi connectivity index (χ1n) is 8.45. The number of phenolic OH excluding ortho intramolecular Hbond substituents is 1. The molecular formula is C18H24N2O3. The number of nitrogens with zero attached hydrogens (tertiary/aromatic N) is 2. The fraction of sp³-hybridized carbons (Fsp3) is 0.556. The highest BCUT2D eigenvalue weighted by Crippen LogP contribution is 2.22. The number of likely N-dealkylation sites (tertiary alicyclic amines) is 2. The van der Waals surface area contributed by atoms with Crippen molar-refractivity contribution in [1.82, 2.24) is 9.80 Å². The number of aromatic hydroxyl groups is 1. The molecular weight excluding hydrogens is 292 g/mol. The molecule has 1 aromatic carbocycles. The number of amides is 2. The number of carbonyl (C=O) groups is 2. The molecule has 5 nitrogen and oxygen atoms in total. The Labute approximate surface area is 136 Å². The maximum absolute atomic E-state index is 12.3. The van der Waals surface area contributed by atoms with Crippen molar-refractivity contribution in [3.63, 3.8) is 0 Å². The average Bonchev–Trinajstić information content (AvgIpc) is 3.16. The molecule has 2 aliphatic heterocycles. The summed E-state index contributed by atoms with van der Waals surface area (Å²) in [4.78, 5) is 27.6. The van der Waals surface area contributed by atoms with E-state index in [1.807, 2.05) is 21.9 Å². The molecule has 1 atom stereocenters. The third kappa shape index (κ3) is 4.03. The Kier molecular flexibility index (Phi) is 4.84. The van der Waals surface area contributed by atoms with Gasteiger partial charge in [0, 0.05) is 39.0 Å². The number of carbonyl (C=O) groups excluding carboxylic acids is 2. The first-order chi connectivity index (χ1) is 11.1. The third-order valence-corrected chi connectivity index (χ3v) is 4.87. The Morgan fingerprint density at radius 2 is 2.00 bits per heavy atom. The number of phenols is 1. The van der Waals surface area contributed by atoms with E-state index in [0.29, 0.717) is 25.3 Å². The van der Waals surface area contributed by atoms with Gasteiger partial charge in [-0.05, 0) is 42.9 Å². The van der Waals surface area contributed by atoms with Crippen LogP contribution in [0.2, 0.25) is 0 Å². The first kappa shape index (κ1) is 15.8. The lowest BCUT2D eigenvalue weighted by atomic mass is 9.99. The molecule has 0 bridgehead atoms. The lowest BCUT2D eigenvalue weighted by molar-refractivity contribution is -0.132. The number of hydrogen-bond donors (Lipinski definition) is 1. The summed E-state index contributed by atoms with van der Waals surface area (Å²) in [6.07, 6.45) is 3.96. The fourth-order valence-corrected chi connectivity index (χ4v) is 3.52. The zero-order valence-corrected chi connectivity index (χ0v) is 13.4. The Bertz CT molecular complexity index is 570. The Balaban J connectivity index is 1.44. The van der Waals surface area contributed by atoms with Gasteiger partial charge in [-0.15, -0.1) is 0 Å². The van der Waals surface area contributed by atoms with E-state index in [9.17, 15) is 14.7 Å². The molecule has 2 heterocycles. The second-order valence-corrected chi connectivity index (χ2v) is 6.60. The van der Waals surface area contributed by atoms with Gasteiger partial charge < -0.3 is 14.9 Å². The quantitative estimate of drug-likeness (QED) is 0.901. The van der Waals surface area contributed by atoms with Gasteiger partial charge in [0.1, 0.15) is 5.75 Å². The largest absolute Gasteiger partial charge is 0.508 e. The van der Waals surface area contributed by atoms with Gasteiger partial charge in [-0.1, -0.05) is 12.1 Å². The monoisotopic (exact) mass is 316 g/mol. The normalized spacial score (nSPS) is 21.2. The van der Waals surface area contributed by atoms with E-state index in [1.54, 1.807) is 12.1 Å². The van der Waals surface area contributed by atoms with Crippen molar-refractivity contribution < 1.29 is 14.7 Å². The third-order valence-electron chi connectivity index (χ3n) is 4.87. The van der Waals surface area contributed by atoms with Gasteiger partial charge >= 0.3 is 0 Å². The van der Waals surface area contributed by atoms with E-state index >= 15 is 0 Å². The van der Waals surface area contributed by atoms with Crippen molar-refractivity contribution in [3.8, 4) is 5.75 Å². The molecule has 5 heteroatoms. The molecule has 0 spiro atoms. The molecule has 124 valence electrons. The van der Waals surface area contributed by atoms with Gasteiger partial charge in [-0.3, -0.25) is 9.59 Å². The summed E-state index contributed by atoms with van der Waals surface area (Å²) in [5.74, 6) is 1.12. The Hall–Kier alpha value is -2.04. The zero-order chi connectivity index (χ0) is 16.2. The summed E-state index contributed by atoms with van der Waals surface area (Å²) < 4.78 is 0. The second kappa shape index (κ2) is 7.02.